The third-order valence-corrected chi connectivity index (χ3v) is 3.33. The van der Waals surface area contributed by atoms with Crippen molar-refractivity contribution in [1.82, 2.24) is 0 Å². The zero-order valence-electron chi connectivity index (χ0n) is 12.4. The zero-order chi connectivity index (χ0) is 14.0. The van der Waals surface area contributed by atoms with Crippen LogP contribution in [0, 0.1) is 13.0 Å². The third kappa shape index (κ3) is 2.73. The standard InChI is InChI=1S/C17H21N2/c1-13-7-6-8-16(19(4)5)17(13)14-9-11-15(12-10-14)18(2)3/h6,8-12H,1-5H3. The summed E-state index contributed by atoms with van der Waals surface area (Å²) >= 11 is 0. The van der Waals surface area contributed by atoms with E-state index in [0.29, 0.717) is 0 Å². The molecule has 0 aliphatic heterocycles. The molecule has 0 aromatic heterocycles. The Morgan fingerprint density at radius 2 is 1.47 bits per heavy atom. The minimum absolute atomic E-state index is 1.18. The Hall–Kier alpha value is -1.96. The number of benzene rings is 2. The van der Waals surface area contributed by atoms with Gasteiger partial charge in [-0.15, -0.1) is 0 Å². The molecular formula is C17H21N2. The Morgan fingerprint density at radius 1 is 0.842 bits per heavy atom. The van der Waals surface area contributed by atoms with Gasteiger partial charge < -0.3 is 9.80 Å². The number of rotatable bonds is 3. The first kappa shape index (κ1) is 13.5. The number of anilines is 2. The van der Waals surface area contributed by atoms with E-state index in [1.54, 1.807) is 0 Å². The summed E-state index contributed by atoms with van der Waals surface area (Å²) in [4.78, 5) is 4.26. The minimum atomic E-state index is 1.18. The molecule has 0 aliphatic rings. The molecule has 0 N–H and O–H groups in total. The maximum atomic E-state index is 3.29. The van der Waals surface area contributed by atoms with Crippen molar-refractivity contribution in [2.75, 3.05) is 38.0 Å². The number of nitrogens with zero attached hydrogens (tertiary/aromatic N) is 2. The summed E-state index contributed by atoms with van der Waals surface area (Å²) in [6.07, 6.45) is 0. The van der Waals surface area contributed by atoms with Crippen LogP contribution in [-0.4, -0.2) is 28.2 Å². The predicted octanol–water partition coefficient (Wildman–Crippen LogP) is 3.59. The van der Waals surface area contributed by atoms with Crippen molar-refractivity contribution in [3.8, 4) is 11.1 Å². The van der Waals surface area contributed by atoms with Crippen LogP contribution in [0.1, 0.15) is 5.56 Å². The molecule has 0 unspecified atom stereocenters. The second-order valence-corrected chi connectivity index (χ2v) is 5.20. The third-order valence-electron chi connectivity index (χ3n) is 3.33. The van der Waals surface area contributed by atoms with E-state index in [1.165, 1.54) is 28.1 Å². The lowest BCUT2D eigenvalue weighted by Crippen LogP contribution is -2.11. The largest absolute Gasteiger partial charge is 0.378 e. The predicted molar refractivity (Wildman–Crippen MR) is 84.1 cm³/mol. The van der Waals surface area contributed by atoms with Gasteiger partial charge in [0.15, 0.2) is 0 Å². The van der Waals surface area contributed by atoms with Gasteiger partial charge in [0.25, 0.3) is 0 Å². The molecule has 0 amide bonds. The highest BCUT2D eigenvalue weighted by atomic mass is 15.1. The molecule has 0 saturated heterocycles. The van der Waals surface area contributed by atoms with E-state index in [4.69, 9.17) is 0 Å². The quantitative estimate of drug-likeness (QED) is 0.824. The highest BCUT2D eigenvalue weighted by molar-refractivity contribution is 5.81. The maximum absolute atomic E-state index is 3.29. The SMILES string of the molecule is Cc1[c]ccc(N(C)C)c1-c1ccc(N(C)C)cc1. The first-order valence-corrected chi connectivity index (χ1v) is 6.47. The summed E-state index contributed by atoms with van der Waals surface area (Å²) in [6.45, 7) is 2.11. The van der Waals surface area contributed by atoms with Crippen LogP contribution in [0.3, 0.4) is 0 Å². The van der Waals surface area contributed by atoms with Gasteiger partial charge in [0.05, 0.1) is 0 Å². The van der Waals surface area contributed by atoms with Crippen LogP contribution in [0.4, 0.5) is 11.4 Å². The molecule has 0 heterocycles. The Morgan fingerprint density at radius 3 is 2.00 bits per heavy atom. The van der Waals surface area contributed by atoms with Crippen molar-refractivity contribution in [1.29, 1.82) is 0 Å². The maximum Gasteiger partial charge on any atom is 0.0443 e. The van der Waals surface area contributed by atoms with Crippen LogP contribution in [0.25, 0.3) is 11.1 Å². The van der Waals surface area contributed by atoms with Gasteiger partial charge in [0.1, 0.15) is 0 Å². The van der Waals surface area contributed by atoms with Gasteiger partial charge in [-0.1, -0.05) is 18.2 Å². The lowest BCUT2D eigenvalue weighted by atomic mass is 9.98. The second kappa shape index (κ2) is 5.35. The molecule has 2 nitrogen and oxygen atoms in total. The summed E-state index contributed by atoms with van der Waals surface area (Å²) in [5, 5.41) is 0. The van der Waals surface area contributed by atoms with Crippen molar-refractivity contribution in [2.24, 2.45) is 0 Å². The molecule has 99 valence electrons. The molecular weight excluding hydrogens is 232 g/mol. The molecule has 2 aromatic rings. The molecule has 0 saturated carbocycles. The first-order chi connectivity index (χ1) is 9.00. The molecule has 0 spiro atoms. The van der Waals surface area contributed by atoms with Crippen LogP contribution in [-0.2, 0) is 0 Å². The van der Waals surface area contributed by atoms with Crippen molar-refractivity contribution in [3.05, 3.63) is 48.0 Å². The average molecular weight is 253 g/mol. The van der Waals surface area contributed by atoms with Gasteiger partial charge in [0, 0.05) is 45.1 Å². The van der Waals surface area contributed by atoms with Gasteiger partial charge in [-0.2, -0.15) is 0 Å². The molecule has 0 fully saturated rings. The molecule has 0 bridgehead atoms. The molecule has 19 heavy (non-hydrogen) atoms. The van der Waals surface area contributed by atoms with Gasteiger partial charge in [-0.05, 0) is 42.3 Å². The number of hydrogen-bond acceptors (Lipinski definition) is 2. The van der Waals surface area contributed by atoms with E-state index in [0.717, 1.165) is 0 Å². The van der Waals surface area contributed by atoms with Crippen molar-refractivity contribution in [3.63, 3.8) is 0 Å². The van der Waals surface area contributed by atoms with Crippen molar-refractivity contribution in [2.45, 2.75) is 6.92 Å². The lowest BCUT2D eigenvalue weighted by molar-refractivity contribution is 1.12. The van der Waals surface area contributed by atoms with Crippen LogP contribution in [0.15, 0.2) is 36.4 Å². The Bertz CT molecular complexity index is 554. The summed E-state index contributed by atoms with van der Waals surface area (Å²) in [6, 6.07) is 16.1. The zero-order valence-corrected chi connectivity index (χ0v) is 12.4. The van der Waals surface area contributed by atoms with Gasteiger partial charge in [-0.25, -0.2) is 0 Å². The fraction of sp³-hybridized carbons (Fsp3) is 0.294. The topological polar surface area (TPSA) is 6.48 Å². The van der Waals surface area contributed by atoms with Crippen LogP contribution in [0.2, 0.25) is 0 Å². The van der Waals surface area contributed by atoms with Crippen LogP contribution < -0.4 is 9.80 Å². The summed E-state index contributed by atoms with van der Waals surface area (Å²) < 4.78 is 0. The number of hydrogen-bond donors (Lipinski definition) is 0. The highest BCUT2D eigenvalue weighted by Crippen LogP contribution is 2.33. The Kier molecular flexibility index (Phi) is 3.79. The number of aryl methyl sites for hydroxylation is 1. The molecule has 0 atom stereocenters. The molecule has 0 aliphatic carbocycles. The fourth-order valence-corrected chi connectivity index (χ4v) is 2.26. The van der Waals surface area contributed by atoms with E-state index >= 15 is 0 Å². The Labute approximate surface area is 116 Å². The first-order valence-electron chi connectivity index (χ1n) is 6.47. The van der Waals surface area contributed by atoms with E-state index in [9.17, 15) is 0 Å². The Balaban J connectivity index is 2.52. The smallest absolute Gasteiger partial charge is 0.0443 e. The van der Waals surface area contributed by atoms with Crippen LogP contribution in [0.5, 0.6) is 0 Å². The summed E-state index contributed by atoms with van der Waals surface area (Å²) in [5.41, 5.74) is 6.13. The normalized spacial score (nSPS) is 10.4. The summed E-state index contributed by atoms with van der Waals surface area (Å²) in [7, 11) is 8.27. The lowest BCUT2D eigenvalue weighted by Gasteiger charge is -2.20. The van der Waals surface area contributed by atoms with Gasteiger partial charge in [-0.3, -0.25) is 0 Å². The van der Waals surface area contributed by atoms with Crippen molar-refractivity contribution < 1.29 is 0 Å². The van der Waals surface area contributed by atoms with Gasteiger partial charge in [0.2, 0.25) is 0 Å². The van der Waals surface area contributed by atoms with E-state index in [2.05, 4.69) is 81.3 Å². The molecule has 2 heteroatoms. The van der Waals surface area contributed by atoms with Crippen molar-refractivity contribution >= 4 is 11.4 Å². The average Bonchev–Trinajstić information content (AvgIpc) is 2.38. The highest BCUT2D eigenvalue weighted by Gasteiger charge is 2.10. The van der Waals surface area contributed by atoms with E-state index in [1.807, 2.05) is 6.07 Å². The molecule has 1 radical (unpaired) electrons. The van der Waals surface area contributed by atoms with Crippen LogP contribution >= 0.6 is 0 Å². The fourth-order valence-electron chi connectivity index (χ4n) is 2.26. The second-order valence-electron chi connectivity index (χ2n) is 5.20. The molecule has 2 rings (SSSR count). The van der Waals surface area contributed by atoms with E-state index < -0.39 is 0 Å². The summed E-state index contributed by atoms with van der Waals surface area (Å²) in [5.74, 6) is 0. The van der Waals surface area contributed by atoms with Gasteiger partial charge >= 0.3 is 0 Å². The monoisotopic (exact) mass is 253 g/mol. The van der Waals surface area contributed by atoms with E-state index in [-0.39, 0.29) is 0 Å². The minimum Gasteiger partial charge on any atom is -0.378 e. The molecule has 2 aromatic carbocycles.